The molecule has 0 unspecified atom stereocenters. The van der Waals surface area contributed by atoms with Gasteiger partial charge in [0.1, 0.15) is 10.6 Å². The number of benzene rings is 1. The maximum absolute atomic E-state index is 12.2. The van der Waals surface area contributed by atoms with Gasteiger partial charge in [0.25, 0.3) is 0 Å². The van der Waals surface area contributed by atoms with Gasteiger partial charge in [-0.1, -0.05) is 12.1 Å². The highest BCUT2D eigenvalue weighted by Gasteiger charge is 2.23. The number of esters is 1. The van der Waals surface area contributed by atoms with Crippen LogP contribution >= 0.6 is 11.3 Å². The number of carbonyl (C=O) groups is 1. The highest BCUT2D eigenvalue weighted by atomic mass is 32.1. The molecule has 0 radical (unpaired) electrons. The van der Waals surface area contributed by atoms with Crippen LogP contribution in [0.3, 0.4) is 0 Å². The molecule has 0 aliphatic carbocycles. The molecule has 5 nitrogen and oxygen atoms in total. The van der Waals surface area contributed by atoms with Crippen LogP contribution in [0.15, 0.2) is 30.3 Å². The zero-order chi connectivity index (χ0) is 17.5. The van der Waals surface area contributed by atoms with Crippen LogP contribution in [0.25, 0.3) is 11.1 Å². The van der Waals surface area contributed by atoms with Gasteiger partial charge < -0.3 is 18.9 Å². The van der Waals surface area contributed by atoms with Crippen molar-refractivity contribution in [3.63, 3.8) is 0 Å². The zero-order valence-electron chi connectivity index (χ0n) is 14.3. The van der Waals surface area contributed by atoms with E-state index >= 15 is 0 Å². The van der Waals surface area contributed by atoms with Crippen LogP contribution in [-0.4, -0.2) is 33.4 Å². The fourth-order valence-corrected chi connectivity index (χ4v) is 3.37. The Labute approximate surface area is 146 Å². The van der Waals surface area contributed by atoms with Crippen molar-refractivity contribution >= 4 is 17.3 Å². The molecule has 1 aromatic heterocycles. The van der Waals surface area contributed by atoms with Crippen LogP contribution in [0.1, 0.15) is 34.7 Å². The third-order valence-electron chi connectivity index (χ3n) is 3.39. The topological polar surface area (TPSA) is 54.0 Å². The standard InChI is InChI=1S/C18H22O5S/c1-5-22-18(23-6-2)15-11-14(16(24-15)17(19)21-4)12-7-9-13(20-3)10-8-12/h7-11,18H,5-6H2,1-4H3. The molecule has 1 aromatic carbocycles. The van der Waals surface area contributed by atoms with Gasteiger partial charge in [-0.3, -0.25) is 0 Å². The molecular weight excluding hydrogens is 328 g/mol. The number of ether oxygens (including phenoxy) is 4. The smallest absolute Gasteiger partial charge is 0.348 e. The number of methoxy groups -OCH3 is 2. The molecule has 0 saturated carbocycles. The van der Waals surface area contributed by atoms with Gasteiger partial charge in [0.2, 0.25) is 0 Å². The van der Waals surface area contributed by atoms with E-state index in [9.17, 15) is 4.79 Å². The minimum atomic E-state index is -0.486. The van der Waals surface area contributed by atoms with Crippen molar-refractivity contribution in [3.8, 4) is 16.9 Å². The molecule has 0 saturated heterocycles. The number of hydrogen-bond acceptors (Lipinski definition) is 6. The van der Waals surface area contributed by atoms with Crippen LogP contribution in [0, 0.1) is 0 Å². The van der Waals surface area contributed by atoms with Gasteiger partial charge in [-0.25, -0.2) is 4.79 Å². The minimum Gasteiger partial charge on any atom is -0.497 e. The van der Waals surface area contributed by atoms with Gasteiger partial charge in [-0.2, -0.15) is 0 Å². The van der Waals surface area contributed by atoms with Gasteiger partial charge in [0, 0.05) is 18.8 Å². The first kappa shape index (κ1) is 18.4. The van der Waals surface area contributed by atoms with Crippen molar-refractivity contribution in [2.45, 2.75) is 20.1 Å². The molecule has 6 heteroatoms. The van der Waals surface area contributed by atoms with E-state index in [1.165, 1.54) is 18.4 Å². The van der Waals surface area contributed by atoms with Gasteiger partial charge in [0.05, 0.1) is 19.1 Å². The SMILES string of the molecule is CCOC(OCC)c1cc(-c2ccc(OC)cc2)c(C(=O)OC)s1. The maximum atomic E-state index is 12.2. The average molecular weight is 350 g/mol. The lowest BCUT2D eigenvalue weighted by Gasteiger charge is -2.14. The van der Waals surface area contributed by atoms with E-state index in [0.29, 0.717) is 18.1 Å². The Balaban J connectivity index is 2.45. The molecule has 0 bridgehead atoms. The summed E-state index contributed by atoms with van der Waals surface area (Å²) in [6.07, 6.45) is -0.486. The van der Waals surface area contributed by atoms with E-state index in [1.807, 2.05) is 44.2 Å². The number of hydrogen-bond donors (Lipinski definition) is 0. The van der Waals surface area contributed by atoms with Crippen LogP contribution in [0.2, 0.25) is 0 Å². The molecule has 0 N–H and O–H groups in total. The summed E-state index contributed by atoms with van der Waals surface area (Å²) in [7, 11) is 2.99. The van der Waals surface area contributed by atoms with Gasteiger partial charge >= 0.3 is 5.97 Å². The molecule has 2 aromatic rings. The normalized spacial score (nSPS) is 10.9. The predicted octanol–water partition coefficient (Wildman–Crippen LogP) is 4.28. The predicted molar refractivity (Wildman–Crippen MR) is 93.6 cm³/mol. The van der Waals surface area contributed by atoms with E-state index in [0.717, 1.165) is 21.8 Å². The van der Waals surface area contributed by atoms with E-state index in [-0.39, 0.29) is 5.97 Å². The molecule has 2 rings (SSSR count). The number of carbonyl (C=O) groups excluding carboxylic acids is 1. The molecule has 0 amide bonds. The Morgan fingerprint density at radius 2 is 1.71 bits per heavy atom. The minimum absolute atomic E-state index is 0.371. The fourth-order valence-electron chi connectivity index (χ4n) is 2.27. The van der Waals surface area contributed by atoms with Crippen molar-refractivity contribution in [1.29, 1.82) is 0 Å². The Bertz CT molecular complexity index is 657. The lowest BCUT2D eigenvalue weighted by molar-refractivity contribution is -0.138. The molecule has 0 aliphatic heterocycles. The van der Waals surface area contributed by atoms with Crippen LogP contribution in [-0.2, 0) is 14.2 Å². The second-order valence-corrected chi connectivity index (χ2v) is 5.94. The molecular formula is C18H22O5S. The van der Waals surface area contributed by atoms with Crippen LogP contribution in [0.5, 0.6) is 5.75 Å². The first-order valence-electron chi connectivity index (χ1n) is 7.74. The molecule has 130 valence electrons. The molecule has 0 aliphatic rings. The molecule has 0 atom stereocenters. The van der Waals surface area contributed by atoms with E-state index in [4.69, 9.17) is 18.9 Å². The fraction of sp³-hybridized carbons (Fsp3) is 0.389. The first-order chi connectivity index (χ1) is 11.6. The van der Waals surface area contributed by atoms with Crippen molar-refractivity contribution in [2.75, 3.05) is 27.4 Å². The highest BCUT2D eigenvalue weighted by molar-refractivity contribution is 7.14. The Hall–Kier alpha value is -1.89. The average Bonchev–Trinajstić information content (AvgIpc) is 3.06. The van der Waals surface area contributed by atoms with Crippen molar-refractivity contribution in [1.82, 2.24) is 0 Å². The Kier molecular flexibility index (Phi) is 6.78. The van der Waals surface area contributed by atoms with Gasteiger partial charge in [-0.15, -0.1) is 11.3 Å². The van der Waals surface area contributed by atoms with Gasteiger partial charge in [-0.05, 0) is 37.6 Å². The molecule has 0 fully saturated rings. The van der Waals surface area contributed by atoms with Crippen molar-refractivity contribution in [3.05, 3.63) is 40.1 Å². The summed E-state index contributed by atoms with van der Waals surface area (Å²) >= 11 is 1.33. The van der Waals surface area contributed by atoms with Crippen LogP contribution in [0.4, 0.5) is 0 Å². The third-order valence-corrected chi connectivity index (χ3v) is 4.53. The second-order valence-electron chi connectivity index (χ2n) is 4.85. The van der Waals surface area contributed by atoms with Gasteiger partial charge in [0.15, 0.2) is 6.29 Å². The van der Waals surface area contributed by atoms with E-state index in [1.54, 1.807) is 7.11 Å². The zero-order valence-corrected chi connectivity index (χ0v) is 15.1. The van der Waals surface area contributed by atoms with Crippen molar-refractivity contribution < 1.29 is 23.7 Å². The summed E-state index contributed by atoms with van der Waals surface area (Å²) in [5.74, 6) is 0.388. The quantitative estimate of drug-likeness (QED) is 0.525. The maximum Gasteiger partial charge on any atom is 0.348 e. The Morgan fingerprint density at radius 3 is 2.21 bits per heavy atom. The summed E-state index contributed by atoms with van der Waals surface area (Å²) in [5, 5.41) is 0. The summed E-state index contributed by atoms with van der Waals surface area (Å²) in [6, 6.07) is 9.46. The highest BCUT2D eigenvalue weighted by Crippen LogP contribution is 2.37. The van der Waals surface area contributed by atoms with Crippen LogP contribution < -0.4 is 4.74 Å². The number of thiophene rings is 1. The third kappa shape index (κ3) is 4.14. The lowest BCUT2D eigenvalue weighted by atomic mass is 10.1. The Morgan fingerprint density at radius 1 is 1.08 bits per heavy atom. The summed E-state index contributed by atoms with van der Waals surface area (Å²) in [5.41, 5.74) is 1.71. The number of rotatable bonds is 8. The molecule has 24 heavy (non-hydrogen) atoms. The second kappa shape index (κ2) is 8.82. The summed E-state index contributed by atoms with van der Waals surface area (Å²) in [6.45, 7) is 4.86. The van der Waals surface area contributed by atoms with Crippen molar-refractivity contribution in [2.24, 2.45) is 0 Å². The summed E-state index contributed by atoms with van der Waals surface area (Å²) < 4.78 is 21.4. The first-order valence-corrected chi connectivity index (χ1v) is 8.55. The molecule has 1 heterocycles. The lowest BCUT2D eigenvalue weighted by Crippen LogP contribution is -2.07. The van der Waals surface area contributed by atoms with E-state index < -0.39 is 6.29 Å². The largest absolute Gasteiger partial charge is 0.497 e. The monoisotopic (exact) mass is 350 g/mol. The summed E-state index contributed by atoms with van der Waals surface area (Å²) in [4.78, 5) is 13.5. The van der Waals surface area contributed by atoms with E-state index in [2.05, 4.69) is 0 Å². The molecule has 0 spiro atoms.